The number of nitrogens with two attached hydrogens (primary N) is 2. The van der Waals surface area contributed by atoms with Crippen LogP contribution in [0.5, 0.6) is 0 Å². The molecule has 0 fully saturated rings. The number of carbonyl (C=O) groups is 1. The van der Waals surface area contributed by atoms with E-state index in [9.17, 15) is 18.0 Å². The fraction of sp³-hybridized carbons (Fsp3) is 0.0952. The summed E-state index contributed by atoms with van der Waals surface area (Å²) < 4.78 is 40.8. The number of rotatable bonds is 3. The molecule has 2 heterocycles. The maximum Gasteiger partial charge on any atom is 0.416 e. The van der Waals surface area contributed by atoms with E-state index in [1.54, 1.807) is 30.5 Å². The van der Waals surface area contributed by atoms with Crippen LogP contribution in [0.4, 0.5) is 13.2 Å². The number of benzene rings is 2. The molecule has 0 saturated carbocycles. The van der Waals surface area contributed by atoms with Crippen LogP contribution in [0.15, 0.2) is 71.5 Å². The molecular formula is C21H15F3N6O. The lowest BCUT2D eigenvalue weighted by molar-refractivity contribution is -0.138. The number of fused-ring (bicyclic) bond motifs is 1. The second kappa shape index (κ2) is 7.00. The number of amides is 1. The molecule has 31 heavy (non-hydrogen) atoms. The Labute approximate surface area is 174 Å². The first kappa shape index (κ1) is 20.2. The molecule has 1 atom stereocenters. The molecule has 4 rings (SSSR count). The monoisotopic (exact) mass is 424 g/mol. The van der Waals surface area contributed by atoms with E-state index in [-0.39, 0.29) is 11.5 Å². The van der Waals surface area contributed by atoms with Gasteiger partial charge in [-0.25, -0.2) is 4.99 Å². The molecule has 1 unspecified atom stereocenters. The molecule has 0 aromatic heterocycles. The second-order valence-corrected chi connectivity index (χ2v) is 6.92. The molecule has 10 heteroatoms. The average molecular weight is 424 g/mol. The third-order valence-corrected chi connectivity index (χ3v) is 4.95. The van der Waals surface area contributed by atoms with E-state index in [1.807, 2.05) is 6.07 Å². The van der Waals surface area contributed by atoms with Crippen molar-refractivity contribution >= 4 is 17.6 Å². The zero-order chi connectivity index (χ0) is 22.4. The van der Waals surface area contributed by atoms with Crippen molar-refractivity contribution in [2.45, 2.75) is 11.8 Å². The third kappa shape index (κ3) is 3.41. The van der Waals surface area contributed by atoms with Crippen LogP contribution in [0, 0.1) is 11.3 Å². The van der Waals surface area contributed by atoms with Crippen LogP contribution >= 0.6 is 0 Å². The van der Waals surface area contributed by atoms with Gasteiger partial charge in [-0.05, 0) is 23.8 Å². The van der Waals surface area contributed by atoms with Crippen molar-refractivity contribution < 1.29 is 18.0 Å². The Hall–Kier alpha value is -4.10. The van der Waals surface area contributed by atoms with Crippen molar-refractivity contribution in [3.8, 4) is 6.07 Å². The maximum absolute atomic E-state index is 13.6. The molecule has 7 nitrogen and oxygen atoms in total. The van der Waals surface area contributed by atoms with Crippen LogP contribution in [0.1, 0.15) is 22.3 Å². The quantitative estimate of drug-likeness (QED) is 0.699. The Balaban J connectivity index is 1.80. The van der Waals surface area contributed by atoms with Crippen LogP contribution in [-0.2, 0) is 16.6 Å². The molecule has 0 saturated heterocycles. The van der Waals surface area contributed by atoms with Gasteiger partial charge in [0.25, 0.3) is 0 Å². The Morgan fingerprint density at radius 1 is 1.13 bits per heavy atom. The smallest absolute Gasteiger partial charge is 0.366 e. The topological polar surface area (TPSA) is 121 Å². The SMILES string of the molecule is N#Cc1ccc(C2=CN3C=C(C(N)=O)C(N)(c4ccccc4C(F)(F)F)N=C3N2)cc1. The van der Waals surface area contributed by atoms with Gasteiger partial charge in [-0.15, -0.1) is 0 Å². The highest BCUT2D eigenvalue weighted by Gasteiger charge is 2.46. The second-order valence-electron chi connectivity index (χ2n) is 6.92. The van der Waals surface area contributed by atoms with E-state index >= 15 is 0 Å². The number of hydrogen-bond acceptors (Lipinski definition) is 6. The summed E-state index contributed by atoms with van der Waals surface area (Å²) in [6.07, 6.45) is -1.85. The molecule has 2 aromatic carbocycles. The van der Waals surface area contributed by atoms with Gasteiger partial charge in [0, 0.05) is 18.0 Å². The summed E-state index contributed by atoms with van der Waals surface area (Å²) in [4.78, 5) is 17.8. The van der Waals surface area contributed by atoms with E-state index < -0.39 is 28.9 Å². The number of guanidine groups is 1. The number of primary amides is 1. The fourth-order valence-electron chi connectivity index (χ4n) is 3.46. The maximum atomic E-state index is 13.6. The van der Waals surface area contributed by atoms with Crippen molar-refractivity contribution in [2.75, 3.05) is 0 Å². The normalized spacial score (nSPS) is 20.1. The van der Waals surface area contributed by atoms with E-state index in [0.717, 1.165) is 6.07 Å². The summed E-state index contributed by atoms with van der Waals surface area (Å²) in [5.41, 5.74) is 9.65. The van der Waals surface area contributed by atoms with Gasteiger partial charge >= 0.3 is 6.18 Å². The first-order valence-electron chi connectivity index (χ1n) is 8.99. The first-order valence-corrected chi connectivity index (χ1v) is 8.99. The minimum Gasteiger partial charge on any atom is -0.366 e. The van der Waals surface area contributed by atoms with Gasteiger partial charge in [-0.3, -0.25) is 15.4 Å². The minimum atomic E-state index is -4.71. The molecule has 0 bridgehead atoms. The summed E-state index contributed by atoms with van der Waals surface area (Å²) in [5.74, 6) is -0.869. The van der Waals surface area contributed by atoms with E-state index in [2.05, 4.69) is 10.3 Å². The molecular weight excluding hydrogens is 409 g/mol. The number of carbonyl (C=O) groups excluding carboxylic acids is 1. The van der Waals surface area contributed by atoms with Crippen molar-refractivity contribution in [1.29, 1.82) is 5.26 Å². The van der Waals surface area contributed by atoms with Crippen LogP contribution in [0.2, 0.25) is 0 Å². The van der Waals surface area contributed by atoms with Crippen LogP contribution < -0.4 is 16.8 Å². The van der Waals surface area contributed by atoms with Gasteiger partial charge < -0.3 is 11.1 Å². The number of nitrogens with one attached hydrogen (secondary N) is 1. The number of nitriles is 1. The molecule has 0 radical (unpaired) electrons. The zero-order valence-electron chi connectivity index (χ0n) is 15.8. The number of aliphatic imine (C=N–C) groups is 1. The Morgan fingerprint density at radius 2 is 1.81 bits per heavy atom. The largest absolute Gasteiger partial charge is 0.416 e. The van der Waals surface area contributed by atoms with Gasteiger partial charge in [0.1, 0.15) is 0 Å². The lowest BCUT2D eigenvalue weighted by Gasteiger charge is -2.34. The average Bonchev–Trinajstić information content (AvgIpc) is 3.15. The zero-order valence-corrected chi connectivity index (χ0v) is 15.8. The highest BCUT2D eigenvalue weighted by atomic mass is 19.4. The Kier molecular flexibility index (Phi) is 4.56. The molecule has 156 valence electrons. The summed E-state index contributed by atoms with van der Waals surface area (Å²) in [6, 6.07) is 13.3. The third-order valence-electron chi connectivity index (χ3n) is 4.95. The van der Waals surface area contributed by atoms with Gasteiger partial charge in [0.05, 0.1) is 28.5 Å². The number of nitrogens with zero attached hydrogens (tertiary/aromatic N) is 3. The highest BCUT2D eigenvalue weighted by molar-refractivity contribution is 6.01. The summed E-state index contributed by atoms with van der Waals surface area (Å²) in [7, 11) is 0. The molecule has 1 amide bonds. The predicted molar refractivity (Wildman–Crippen MR) is 106 cm³/mol. The number of hydrogen-bond donors (Lipinski definition) is 3. The predicted octanol–water partition coefficient (Wildman–Crippen LogP) is 2.33. The molecule has 5 N–H and O–H groups in total. The Bertz CT molecular complexity index is 1210. The molecule has 0 aliphatic carbocycles. The Morgan fingerprint density at radius 3 is 2.42 bits per heavy atom. The molecule has 0 spiro atoms. The van der Waals surface area contributed by atoms with E-state index in [0.29, 0.717) is 16.8 Å². The van der Waals surface area contributed by atoms with E-state index in [1.165, 1.54) is 29.3 Å². The molecule has 2 aliphatic rings. The highest BCUT2D eigenvalue weighted by Crippen LogP contribution is 2.41. The van der Waals surface area contributed by atoms with Crippen molar-refractivity contribution in [1.82, 2.24) is 10.2 Å². The lowest BCUT2D eigenvalue weighted by Crippen LogP contribution is -2.49. The first-order chi connectivity index (χ1) is 14.6. The summed E-state index contributed by atoms with van der Waals surface area (Å²) in [5, 5.41) is 11.9. The van der Waals surface area contributed by atoms with Gasteiger partial charge in [0.2, 0.25) is 11.9 Å². The van der Waals surface area contributed by atoms with Gasteiger partial charge in [-0.2, -0.15) is 18.4 Å². The van der Waals surface area contributed by atoms with Gasteiger partial charge in [0.15, 0.2) is 5.66 Å². The lowest BCUT2D eigenvalue weighted by atomic mass is 9.87. The summed E-state index contributed by atoms with van der Waals surface area (Å²) >= 11 is 0. The van der Waals surface area contributed by atoms with Crippen molar-refractivity contribution in [3.63, 3.8) is 0 Å². The summed E-state index contributed by atoms with van der Waals surface area (Å²) in [6.45, 7) is 0. The van der Waals surface area contributed by atoms with Crippen LogP contribution in [0.3, 0.4) is 0 Å². The number of alkyl halides is 3. The standard InChI is InChI=1S/C21H15F3N6O/c22-21(23,24)15-4-2-1-3-14(15)20(27)16(18(26)31)10-30-11-17(28-19(30)29-20)13-7-5-12(9-25)6-8-13/h1-8,10-11H,27H2,(H2,26,31)(H,28,29). The molecule has 2 aliphatic heterocycles. The number of halogens is 3. The van der Waals surface area contributed by atoms with Crippen molar-refractivity contribution in [2.24, 2.45) is 16.5 Å². The fourth-order valence-corrected chi connectivity index (χ4v) is 3.46. The van der Waals surface area contributed by atoms with Crippen LogP contribution in [-0.4, -0.2) is 16.8 Å². The molecule has 2 aromatic rings. The van der Waals surface area contributed by atoms with E-state index in [4.69, 9.17) is 16.7 Å². The minimum absolute atomic E-state index is 0.129. The van der Waals surface area contributed by atoms with Crippen molar-refractivity contribution in [3.05, 3.63) is 88.8 Å². The van der Waals surface area contributed by atoms with Gasteiger partial charge in [-0.1, -0.05) is 30.3 Å². The van der Waals surface area contributed by atoms with Crippen LogP contribution in [0.25, 0.3) is 5.70 Å².